The molecule has 1 atom stereocenters. The number of ether oxygens (including phenoxy) is 1. The van der Waals surface area contributed by atoms with Crippen molar-refractivity contribution in [2.75, 3.05) is 13.1 Å². The Morgan fingerprint density at radius 3 is 2.82 bits per heavy atom. The second-order valence-corrected chi connectivity index (χ2v) is 8.02. The van der Waals surface area contributed by atoms with Crippen molar-refractivity contribution in [3.05, 3.63) is 70.7 Å². The van der Waals surface area contributed by atoms with Crippen LogP contribution in [0, 0.1) is 0 Å². The van der Waals surface area contributed by atoms with Crippen molar-refractivity contribution >= 4 is 11.9 Å². The number of piperidine rings is 1. The summed E-state index contributed by atoms with van der Waals surface area (Å²) in [4.78, 5) is 13.1. The number of benzene rings is 1. The molecule has 1 aromatic carbocycles. The fourth-order valence-electron chi connectivity index (χ4n) is 4.08. The molecule has 1 fully saturated rings. The monoisotopic (exact) mass is 377 g/mol. The molecular weight excluding hydrogens is 350 g/mol. The number of nitrogens with one attached hydrogen (secondary N) is 1. The van der Waals surface area contributed by atoms with E-state index < -0.39 is 5.41 Å². The van der Waals surface area contributed by atoms with E-state index in [2.05, 4.69) is 19.2 Å². The van der Waals surface area contributed by atoms with Gasteiger partial charge in [0.25, 0.3) is 0 Å². The lowest BCUT2D eigenvalue weighted by molar-refractivity contribution is 0.102. The summed E-state index contributed by atoms with van der Waals surface area (Å²) in [6.45, 7) is 8.09. The highest BCUT2D eigenvalue weighted by Crippen LogP contribution is 2.44. The maximum atomic E-state index is 13.1. The molecule has 1 unspecified atom stereocenters. The lowest BCUT2D eigenvalue weighted by Gasteiger charge is -2.31. The third-order valence-corrected chi connectivity index (χ3v) is 5.59. The average Bonchev–Trinajstić information content (AvgIpc) is 3.13. The minimum atomic E-state index is -0.407. The highest BCUT2D eigenvalue weighted by molar-refractivity contribution is 6.13. The van der Waals surface area contributed by atoms with Crippen molar-refractivity contribution in [3.8, 4) is 5.75 Å². The molecule has 0 radical (unpaired) electrons. The molecule has 0 amide bonds. The third kappa shape index (κ3) is 3.33. The maximum Gasteiger partial charge on any atom is 0.196 e. The first kappa shape index (κ1) is 18.8. The number of carbonyl (C=O) groups excluding carboxylic acids is 1. The summed E-state index contributed by atoms with van der Waals surface area (Å²) in [6, 6.07) is 7.68. The van der Waals surface area contributed by atoms with Gasteiger partial charge >= 0.3 is 0 Å². The zero-order valence-corrected chi connectivity index (χ0v) is 16.7. The van der Waals surface area contributed by atoms with Crippen LogP contribution in [0.15, 0.2) is 46.9 Å². The zero-order chi connectivity index (χ0) is 19.7. The van der Waals surface area contributed by atoms with Gasteiger partial charge in [0.1, 0.15) is 23.4 Å². The van der Waals surface area contributed by atoms with Crippen molar-refractivity contribution in [1.82, 2.24) is 5.32 Å². The maximum absolute atomic E-state index is 13.1. The summed E-state index contributed by atoms with van der Waals surface area (Å²) in [5.41, 5.74) is 1.94. The smallest absolute Gasteiger partial charge is 0.196 e. The van der Waals surface area contributed by atoms with Crippen LogP contribution in [0.25, 0.3) is 6.08 Å². The number of hydrogen-bond acceptors (Lipinski definition) is 4. The van der Waals surface area contributed by atoms with Gasteiger partial charge < -0.3 is 14.5 Å². The normalized spacial score (nSPS) is 21.1. The van der Waals surface area contributed by atoms with Crippen molar-refractivity contribution in [2.24, 2.45) is 0 Å². The molecule has 0 saturated carbocycles. The Morgan fingerprint density at radius 2 is 2.07 bits per heavy atom. The van der Waals surface area contributed by atoms with Gasteiger partial charge in [0.2, 0.25) is 0 Å². The van der Waals surface area contributed by atoms with Gasteiger partial charge in [-0.25, -0.2) is 0 Å². The van der Waals surface area contributed by atoms with Gasteiger partial charge in [0.05, 0.1) is 5.56 Å². The molecule has 1 aliphatic carbocycles. The number of allylic oxidation sites excluding steroid dienone is 3. The lowest BCUT2D eigenvalue weighted by atomic mass is 9.72. The summed E-state index contributed by atoms with van der Waals surface area (Å²) < 4.78 is 12.3. The fraction of sp³-hybridized carbons (Fsp3) is 0.375. The van der Waals surface area contributed by atoms with E-state index in [4.69, 9.17) is 9.15 Å². The average molecular weight is 377 g/mol. The first-order chi connectivity index (χ1) is 13.5. The van der Waals surface area contributed by atoms with Gasteiger partial charge in [-0.05, 0) is 76.1 Å². The van der Waals surface area contributed by atoms with Crippen LogP contribution in [-0.2, 0) is 5.41 Å². The Kier molecular flexibility index (Phi) is 4.98. The molecule has 2 aromatic rings. The van der Waals surface area contributed by atoms with E-state index in [1.807, 2.05) is 55.5 Å². The van der Waals surface area contributed by atoms with Gasteiger partial charge in [0.15, 0.2) is 5.78 Å². The Morgan fingerprint density at radius 1 is 1.21 bits per heavy atom. The number of hydrogen-bond donors (Lipinski definition) is 1. The number of ketones is 1. The molecular formula is C24H27NO3. The summed E-state index contributed by atoms with van der Waals surface area (Å²) in [5.74, 6) is 2.25. The number of carbonyl (C=O) groups is 1. The number of rotatable bonds is 4. The minimum absolute atomic E-state index is 0.0182. The van der Waals surface area contributed by atoms with Crippen molar-refractivity contribution in [2.45, 2.75) is 45.1 Å². The molecule has 4 nitrogen and oxygen atoms in total. The van der Waals surface area contributed by atoms with E-state index in [1.165, 1.54) is 0 Å². The molecule has 1 aliphatic heterocycles. The highest BCUT2D eigenvalue weighted by atomic mass is 16.5. The quantitative estimate of drug-likeness (QED) is 0.773. The van der Waals surface area contributed by atoms with E-state index >= 15 is 0 Å². The molecule has 146 valence electrons. The molecule has 2 heterocycles. The zero-order valence-electron chi connectivity index (χ0n) is 16.7. The predicted octanol–water partition coefficient (Wildman–Crippen LogP) is 4.87. The van der Waals surface area contributed by atoms with Crippen molar-refractivity contribution < 1.29 is 13.9 Å². The number of furan rings is 1. The second kappa shape index (κ2) is 7.44. The van der Waals surface area contributed by atoms with Crippen LogP contribution in [0.1, 0.15) is 66.6 Å². The fourth-order valence-corrected chi connectivity index (χ4v) is 4.08. The van der Waals surface area contributed by atoms with Gasteiger partial charge in [-0.2, -0.15) is 0 Å². The van der Waals surface area contributed by atoms with Gasteiger partial charge in [-0.3, -0.25) is 4.79 Å². The molecule has 4 heteroatoms. The Bertz CT molecular complexity index is 943. The highest BCUT2D eigenvalue weighted by Gasteiger charge is 2.40. The first-order valence-corrected chi connectivity index (χ1v) is 10.0. The van der Waals surface area contributed by atoms with E-state index in [1.54, 1.807) is 0 Å². The summed E-state index contributed by atoms with van der Waals surface area (Å²) in [6.07, 6.45) is 10.0. The van der Waals surface area contributed by atoms with Crippen LogP contribution < -0.4 is 10.1 Å². The van der Waals surface area contributed by atoms with Gasteiger partial charge in [0, 0.05) is 17.5 Å². The number of fused-ring (bicyclic) bond motifs is 2. The van der Waals surface area contributed by atoms with E-state index in [0.717, 1.165) is 48.6 Å². The van der Waals surface area contributed by atoms with Crippen LogP contribution >= 0.6 is 0 Å². The molecule has 4 rings (SSSR count). The summed E-state index contributed by atoms with van der Waals surface area (Å²) in [7, 11) is 0. The Labute approximate surface area is 166 Å². The topological polar surface area (TPSA) is 51.5 Å². The molecule has 0 bridgehead atoms. The van der Waals surface area contributed by atoms with Crippen LogP contribution in [0.2, 0.25) is 0 Å². The van der Waals surface area contributed by atoms with Crippen molar-refractivity contribution in [3.63, 3.8) is 0 Å². The van der Waals surface area contributed by atoms with E-state index in [9.17, 15) is 4.79 Å². The minimum Gasteiger partial charge on any atom is -0.489 e. The van der Waals surface area contributed by atoms with Crippen LogP contribution in [0.5, 0.6) is 5.75 Å². The molecule has 1 aromatic heterocycles. The third-order valence-electron chi connectivity index (χ3n) is 5.59. The van der Waals surface area contributed by atoms with Crippen LogP contribution in [0.4, 0.5) is 0 Å². The van der Waals surface area contributed by atoms with E-state index in [0.29, 0.717) is 11.3 Å². The Balaban J connectivity index is 1.68. The molecule has 1 saturated heterocycles. The van der Waals surface area contributed by atoms with Gasteiger partial charge in [-0.15, -0.1) is 0 Å². The molecule has 2 aliphatic rings. The van der Waals surface area contributed by atoms with Crippen LogP contribution in [-0.4, -0.2) is 25.0 Å². The van der Waals surface area contributed by atoms with Crippen molar-refractivity contribution in [1.29, 1.82) is 0 Å². The standard InChI is InChI=1S/C24H27NO3/c1-4-5-6-8-16-13-20-22(26)19-11-10-17(27-18-9-7-12-25-15-18)14-21(19)24(2,3)23(20)28-16/h4-6,8,10-11,13-14,18,25H,7,9,12,15H2,1-3H3/b5-4-,8-6-. The molecule has 0 spiro atoms. The lowest BCUT2D eigenvalue weighted by Crippen LogP contribution is -2.37. The molecule has 28 heavy (non-hydrogen) atoms. The molecule has 1 N–H and O–H groups in total. The van der Waals surface area contributed by atoms with Crippen LogP contribution in [0.3, 0.4) is 0 Å². The van der Waals surface area contributed by atoms with E-state index in [-0.39, 0.29) is 11.9 Å². The van der Waals surface area contributed by atoms with Gasteiger partial charge in [-0.1, -0.05) is 18.2 Å². The first-order valence-electron chi connectivity index (χ1n) is 10.0. The summed E-state index contributed by atoms with van der Waals surface area (Å²) in [5, 5.41) is 3.37. The Hall–Kier alpha value is -2.59. The predicted molar refractivity (Wildman–Crippen MR) is 111 cm³/mol. The second-order valence-electron chi connectivity index (χ2n) is 8.02. The summed E-state index contributed by atoms with van der Waals surface area (Å²) >= 11 is 0. The largest absolute Gasteiger partial charge is 0.489 e. The SMILES string of the molecule is C/C=C\C=C/c1cc2c(o1)C(C)(C)c1cc(OC3CCCNC3)ccc1C2=O.